The van der Waals surface area contributed by atoms with E-state index in [-0.39, 0.29) is 17.9 Å². The van der Waals surface area contributed by atoms with Crippen LogP contribution in [0.4, 0.5) is 0 Å². The predicted octanol–water partition coefficient (Wildman–Crippen LogP) is -1.77. The maximum atomic E-state index is 12.7. The van der Waals surface area contributed by atoms with E-state index in [1.165, 1.54) is 31.2 Å². The third-order valence-corrected chi connectivity index (χ3v) is 4.65. The lowest BCUT2D eigenvalue weighted by molar-refractivity contribution is -0.141. The minimum absolute atomic E-state index is 0.00571. The molecule has 13 heteroatoms. The third kappa shape index (κ3) is 8.81. The van der Waals surface area contributed by atoms with Crippen LogP contribution in [0.5, 0.6) is 5.75 Å². The largest absolute Gasteiger partial charge is 0.508 e. The summed E-state index contributed by atoms with van der Waals surface area (Å²) < 4.78 is 0. The molecule has 1 aromatic carbocycles. The lowest BCUT2D eigenvalue weighted by Crippen LogP contribution is -2.58. The van der Waals surface area contributed by atoms with Gasteiger partial charge in [-0.3, -0.25) is 24.0 Å². The summed E-state index contributed by atoms with van der Waals surface area (Å²) in [5.74, 6) is -5.24. The van der Waals surface area contributed by atoms with Gasteiger partial charge in [0, 0.05) is 12.2 Å². The molecule has 0 spiro atoms. The van der Waals surface area contributed by atoms with Gasteiger partial charge < -0.3 is 37.0 Å². The fraction of sp³-hybridized carbons (Fsp3) is 0.421. The summed E-state index contributed by atoms with van der Waals surface area (Å²) in [6, 6.07) is 0.722. The first-order valence-electron chi connectivity index (χ1n) is 9.44. The van der Waals surface area contributed by atoms with Crippen molar-refractivity contribution in [2.75, 3.05) is 5.75 Å². The number of carbonyl (C=O) groups excluding carboxylic acids is 3. The van der Waals surface area contributed by atoms with Crippen molar-refractivity contribution in [3.63, 3.8) is 0 Å². The Balaban J connectivity index is 2.96. The Labute approximate surface area is 189 Å². The molecule has 0 bridgehead atoms. The van der Waals surface area contributed by atoms with Crippen molar-refractivity contribution in [1.29, 1.82) is 0 Å². The van der Waals surface area contributed by atoms with Crippen LogP contribution in [0.15, 0.2) is 24.3 Å². The number of rotatable bonds is 12. The highest BCUT2D eigenvalue weighted by molar-refractivity contribution is 7.80. The van der Waals surface area contributed by atoms with E-state index in [1.807, 2.05) is 0 Å². The number of phenols is 1. The molecule has 176 valence electrons. The number of carbonyl (C=O) groups is 5. The molecule has 0 aliphatic carbocycles. The molecule has 1 aromatic rings. The normalized spacial score (nSPS) is 14.3. The van der Waals surface area contributed by atoms with Gasteiger partial charge in [-0.15, -0.1) is 0 Å². The Kier molecular flexibility index (Phi) is 10.4. The summed E-state index contributed by atoms with van der Waals surface area (Å²) in [6.07, 6.45) is -0.693. The number of phenolic OH excluding ortho intramolecular Hbond substituents is 1. The van der Waals surface area contributed by atoms with Gasteiger partial charge in [0.1, 0.15) is 23.9 Å². The number of amides is 3. The molecule has 0 aliphatic heterocycles. The molecule has 4 atom stereocenters. The molecule has 3 amide bonds. The Hall–Kier alpha value is -3.32. The Morgan fingerprint density at radius 1 is 0.938 bits per heavy atom. The van der Waals surface area contributed by atoms with Crippen molar-refractivity contribution in [2.45, 2.75) is 43.9 Å². The first kappa shape index (κ1) is 26.7. The summed E-state index contributed by atoms with van der Waals surface area (Å²) in [5.41, 5.74) is 6.04. The van der Waals surface area contributed by atoms with Crippen molar-refractivity contribution in [1.82, 2.24) is 16.0 Å². The zero-order valence-corrected chi connectivity index (χ0v) is 18.0. The second kappa shape index (κ2) is 12.5. The minimum atomic E-state index is -1.39. The maximum Gasteiger partial charge on any atom is 0.325 e. The van der Waals surface area contributed by atoms with Crippen molar-refractivity contribution in [2.24, 2.45) is 5.73 Å². The van der Waals surface area contributed by atoms with Crippen LogP contribution >= 0.6 is 12.6 Å². The maximum absolute atomic E-state index is 12.7. The fourth-order valence-corrected chi connectivity index (χ4v) is 2.74. The van der Waals surface area contributed by atoms with Crippen LogP contribution in [0.2, 0.25) is 0 Å². The van der Waals surface area contributed by atoms with Crippen LogP contribution in [0, 0.1) is 0 Å². The van der Waals surface area contributed by atoms with E-state index >= 15 is 0 Å². The average molecular weight is 471 g/mol. The molecular weight excluding hydrogens is 444 g/mol. The van der Waals surface area contributed by atoms with Crippen LogP contribution in [0.1, 0.15) is 18.9 Å². The molecule has 8 N–H and O–H groups in total. The Morgan fingerprint density at radius 2 is 1.47 bits per heavy atom. The van der Waals surface area contributed by atoms with Gasteiger partial charge in [-0.05, 0) is 24.6 Å². The number of hydrogen-bond donors (Lipinski definition) is 8. The molecule has 0 saturated carbocycles. The quantitative estimate of drug-likeness (QED) is 0.162. The Bertz CT molecular complexity index is 848. The number of carboxylic acids is 2. The smallest absolute Gasteiger partial charge is 0.325 e. The van der Waals surface area contributed by atoms with Gasteiger partial charge in [-0.2, -0.15) is 12.6 Å². The zero-order valence-electron chi connectivity index (χ0n) is 17.1. The summed E-state index contributed by atoms with van der Waals surface area (Å²) in [6.45, 7) is 1.25. The molecule has 0 radical (unpaired) electrons. The van der Waals surface area contributed by atoms with Crippen LogP contribution in [0.3, 0.4) is 0 Å². The van der Waals surface area contributed by atoms with Crippen molar-refractivity contribution in [3.05, 3.63) is 29.8 Å². The summed E-state index contributed by atoms with van der Waals surface area (Å²) >= 11 is 4.00. The number of carboxylic acid groups (broad SMARTS) is 2. The molecule has 0 saturated heterocycles. The molecule has 4 unspecified atom stereocenters. The Morgan fingerprint density at radius 3 is 1.97 bits per heavy atom. The molecule has 1 rings (SSSR count). The molecule has 0 fully saturated rings. The topological polar surface area (TPSA) is 208 Å². The fourth-order valence-electron chi connectivity index (χ4n) is 2.48. The van der Waals surface area contributed by atoms with E-state index in [1.54, 1.807) is 0 Å². The van der Waals surface area contributed by atoms with E-state index in [0.29, 0.717) is 5.56 Å². The molecular formula is C19H26N4O8S. The lowest BCUT2D eigenvalue weighted by atomic mass is 10.0. The van der Waals surface area contributed by atoms with Gasteiger partial charge in [0.05, 0.1) is 12.5 Å². The molecule has 0 heterocycles. The summed E-state index contributed by atoms with van der Waals surface area (Å²) in [5, 5.41) is 34.1. The van der Waals surface area contributed by atoms with E-state index in [4.69, 9.17) is 15.9 Å². The van der Waals surface area contributed by atoms with Gasteiger partial charge >= 0.3 is 11.9 Å². The third-order valence-electron chi connectivity index (χ3n) is 4.29. The summed E-state index contributed by atoms with van der Waals surface area (Å²) in [4.78, 5) is 59.0. The first-order valence-corrected chi connectivity index (χ1v) is 10.1. The van der Waals surface area contributed by atoms with Gasteiger partial charge in [0.25, 0.3) is 0 Å². The predicted molar refractivity (Wildman–Crippen MR) is 115 cm³/mol. The van der Waals surface area contributed by atoms with Gasteiger partial charge in [0.2, 0.25) is 17.7 Å². The number of nitrogens with one attached hydrogen (secondary N) is 3. The number of thiol groups is 1. The van der Waals surface area contributed by atoms with Crippen LogP contribution in [0.25, 0.3) is 0 Å². The second-order valence-electron chi connectivity index (χ2n) is 6.95. The standard InChI is InChI=1S/C19H26N4O8S/c1-9(19(30)31)21-17(28)13(6-10-2-4-11(24)5-3-10)22-18(29)14(8-32)23-16(27)12(20)7-15(25)26/h2-5,9,12-14,24,32H,6-8,20H2,1H3,(H,21,28)(H,22,29)(H,23,27)(H,25,26)(H,30,31). The van der Waals surface area contributed by atoms with E-state index in [0.717, 1.165) is 0 Å². The number of aliphatic carboxylic acids is 2. The average Bonchev–Trinajstić information content (AvgIpc) is 2.71. The van der Waals surface area contributed by atoms with E-state index < -0.39 is 60.2 Å². The summed E-state index contributed by atoms with van der Waals surface area (Å²) in [7, 11) is 0. The van der Waals surface area contributed by atoms with Gasteiger partial charge in [-0.1, -0.05) is 12.1 Å². The van der Waals surface area contributed by atoms with Crippen molar-refractivity contribution >= 4 is 42.3 Å². The van der Waals surface area contributed by atoms with Gasteiger partial charge in [0.15, 0.2) is 0 Å². The van der Waals surface area contributed by atoms with Crippen molar-refractivity contribution < 1.29 is 39.3 Å². The van der Waals surface area contributed by atoms with E-state index in [2.05, 4.69) is 28.6 Å². The second-order valence-corrected chi connectivity index (χ2v) is 7.31. The van der Waals surface area contributed by atoms with Crippen molar-refractivity contribution in [3.8, 4) is 5.75 Å². The highest BCUT2D eigenvalue weighted by Gasteiger charge is 2.29. The highest BCUT2D eigenvalue weighted by atomic mass is 32.1. The van der Waals surface area contributed by atoms with Crippen LogP contribution < -0.4 is 21.7 Å². The van der Waals surface area contributed by atoms with Crippen LogP contribution in [-0.4, -0.2) is 74.9 Å². The molecule has 32 heavy (non-hydrogen) atoms. The molecule has 12 nitrogen and oxygen atoms in total. The molecule has 0 aromatic heterocycles. The number of aromatic hydroxyl groups is 1. The monoisotopic (exact) mass is 470 g/mol. The first-order chi connectivity index (χ1) is 14.9. The minimum Gasteiger partial charge on any atom is -0.508 e. The molecule has 0 aliphatic rings. The highest BCUT2D eigenvalue weighted by Crippen LogP contribution is 2.12. The lowest BCUT2D eigenvalue weighted by Gasteiger charge is -2.24. The van der Waals surface area contributed by atoms with Crippen LogP contribution in [-0.2, 0) is 30.4 Å². The number of nitrogens with two attached hydrogens (primary N) is 1. The SMILES string of the molecule is CC(NC(=O)C(Cc1ccc(O)cc1)NC(=O)C(CS)NC(=O)C(N)CC(=O)O)C(=O)O. The van der Waals surface area contributed by atoms with E-state index in [9.17, 15) is 29.1 Å². The number of hydrogen-bond acceptors (Lipinski definition) is 8. The van der Waals surface area contributed by atoms with Gasteiger partial charge in [-0.25, -0.2) is 0 Å². The zero-order chi connectivity index (χ0) is 24.4. The number of benzene rings is 1.